The van der Waals surface area contributed by atoms with Crippen LogP contribution in [0.2, 0.25) is 0 Å². The predicted molar refractivity (Wildman–Crippen MR) is 87.1 cm³/mol. The summed E-state index contributed by atoms with van der Waals surface area (Å²) in [7, 11) is 0. The van der Waals surface area contributed by atoms with E-state index in [0.29, 0.717) is 16.1 Å². The Kier molecular flexibility index (Phi) is 6.63. The SMILES string of the molecule is CCC[C@H](Sc1nnc(NC(=O)C2CCC2)s1)C(=O)OCC. The number of carbonyl (C=O) groups excluding carboxylic acids is 2. The van der Waals surface area contributed by atoms with Crippen LogP contribution in [-0.2, 0) is 14.3 Å². The maximum absolute atomic E-state index is 11.9. The Morgan fingerprint density at radius 2 is 2.18 bits per heavy atom. The van der Waals surface area contributed by atoms with Crippen molar-refractivity contribution in [1.29, 1.82) is 0 Å². The summed E-state index contributed by atoms with van der Waals surface area (Å²) in [4.78, 5) is 23.8. The lowest BCUT2D eigenvalue weighted by Gasteiger charge is -2.23. The van der Waals surface area contributed by atoms with Crippen molar-refractivity contribution in [1.82, 2.24) is 10.2 Å². The summed E-state index contributed by atoms with van der Waals surface area (Å²) in [5.41, 5.74) is 0. The van der Waals surface area contributed by atoms with E-state index in [1.807, 2.05) is 6.92 Å². The highest BCUT2D eigenvalue weighted by Crippen LogP contribution is 2.33. The van der Waals surface area contributed by atoms with Gasteiger partial charge in [-0.25, -0.2) is 0 Å². The molecular formula is C14H21N3O3S2. The van der Waals surface area contributed by atoms with E-state index in [9.17, 15) is 9.59 Å². The maximum Gasteiger partial charge on any atom is 0.319 e. The molecule has 0 bridgehead atoms. The Hall–Kier alpha value is -1.15. The molecular weight excluding hydrogens is 322 g/mol. The minimum atomic E-state index is -0.270. The van der Waals surface area contributed by atoms with Crippen molar-refractivity contribution in [3.8, 4) is 0 Å². The summed E-state index contributed by atoms with van der Waals surface area (Å²) in [5.74, 6) is -0.0774. The topological polar surface area (TPSA) is 81.2 Å². The Bertz CT molecular complexity index is 517. The average Bonchev–Trinajstić information content (AvgIpc) is 2.83. The fraction of sp³-hybridized carbons (Fsp3) is 0.714. The molecule has 1 aliphatic carbocycles. The van der Waals surface area contributed by atoms with Gasteiger partial charge in [-0.2, -0.15) is 0 Å². The van der Waals surface area contributed by atoms with Crippen LogP contribution in [0, 0.1) is 5.92 Å². The number of hydrogen-bond acceptors (Lipinski definition) is 7. The van der Waals surface area contributed by atoms with Crippen LogP contribution in [0.1, 0.15) is 46.0 Å². The second-order valence-electron chi connectivity index (χ2n) is 5.14. The standard InChI is InChI=1S/C14H21N3O3S2/c1-3-6-10(12(19)20-4-2)21-14-17-16-13(22-14)15-11(18)9-7-5-8-9/h9-10H,3-8H2,1-2H3,(H,15,16,18)/t10-/m0/s1. The lowest BCUT2D eigenvalue weighted by Crippen LogP contribution is -2.27. The number of amides is 1. The number of hydrogen-bond donors (Lipinski definition) is 1. The van der Waals surface area contributed by atoms with Crippen molar-refractivity contribution in [2.75, 3.05) is 11.9 Å². The van der Waals surface area contributed by atoms with Gasteiger partial charge in [0.15, 0.2) is 4.34 Å². The highest BCUT2D eigenvalue weighted by molar-refractivity contribution is 8.02. The van der Waals surface area contributed by atoms with Gasteiger partial charge in [0.1, 0.15) is 5.25 Å². The number of nitrogens with one attached hydrogen (secondary N) is 1. The molecule has 1 atom stereocenters. The Labute approximate surface area is 138 Å². The molecule has 1 saturated carbocycles. The molecule has 0 saturated heterocycles. The van der Waals surface area contributed by atoms with E-state index in [1.165, 1.54) is 23.1 Å². The fourth-order valence-corrected chi connectivity index (χ4v) is 4.14. The minimum Gasteiger partial charge on any atom is -0.465 e. The molecule has 22 heavy (non-hydrogen) atoms. The van der Waals surface area contributed by atoms with Crippen molar-refractivity contribution in [3.05, 3.63) is 0 Å². The lowest BCUT2D eigenvalue weighted by molar-refractivity contribution is -0.142. The van der Waals surface area contributed by atoms with Crippen molar-refractivity contribution >= 4 is 40.1 Å². The highest BCUT2D eigenvalue weighted by atomic mass is 32.2. The van der Waals surface area contributed by atoms with E-state index in [0.717, 1.165) is 32.1 Å². The van der Waals surface area contributed by atoms with Gasteiger partial charge < -0.3 is 10.1 Å². The number of aromatic nitrogens is 2. The Morgan fingerprint density at radius 3 is 2.77 bits per heavy atom. The van der Waals surface area contributed by atoms with Crippen LogP contribution in [0.15, 0.2) is 4.34 Å². The molecule has 0 aromatic carbocycles. The first-order chi connectivity index (χ1) is 10.6. The number of ether oxygens (including phenoxy) is 1. The van der Waals surface area contributed by atoms with Crippen LogP contribution < -0.4 is 5.32 Å². The molecule has 6 nitrogen and oxygen atoms in total. The quantitative estimate of drug-likeness (QED) is 0.444. The first kappa shape index (κ1) is 17.2. The predicted octanol–water partition coefficient (Wildman–Crippen LogP) is 3.10. The molecule has 8 heteroatoms. The maximum atomic E-state index is 11.9. The largest absolute Gasteiger partial charge is 0.465 e. The molecule has 1 aliphatic rings. The molecule has 1 heterocycles. The number of esters is 1. The van der Waals surface area contributed by atoms with Gasteiger partial charge in [0.25, 0.3) is 0 Å². The normalized spacial score (nSPS) is 15.9. The zero-order valence-electron chi connectivity index (χ0n) is 12.8. The highest BCUT2D eigenvalue weighted by Gasteiger charge is 2.26. The van der Waals surface area contributed by atoms with Gasteiger partial charge in [-0.1, -0.05) is 42.9 Å². The Balaban J connectivity index is 1.91. The number of anilines is 1. The Morgan fingerprint density at radius 1 is 1.41 bits per heavy atom. The third-order valence-corrected chi connectivity index (χ3v) is 5.62. The first-order valence-electron chi connectivity index (χ1n) is 7.61. The summed E-state index contributed by atoms with van der Waals surface area (Å²) in [6.45, 7) is 4.19. The van der Waals surface area contributed by atoms with E-state index in [-0.39, 0.29) is 23.0 Å². The molecule has 0 unspecified atom stereocenters. The van der Waals surface area contributed by atoms with Gasteiger partial charge >= 0.3 is 5.97 Å². The van der Waals surface area contributed by atoms with E-state index in [2.05, 4.69) is 15.5 Å². The molecule has 1 aromatic heterocycles. The molecule has 122 valence electrons. The van der Waals surface area contributed by atoms with E-state index >= 15 is 0 Å². The molecule has 1 aromatic rings. The third kappa shape index (κ3) is 4.67. The number of nitrogens with zero attached hydrogens (tertiary/aromatic N) is 2. The summed E-state index contributed by atoms with van der Waals surface area (Å²) in [6, 6.07) is 0. The van der Waals surface area contributed by atoms with E-state index in [1.54, 1.807) is 6.92 Å². The van der Waals surface area contributed by atoms with E-state index < -0.39 is 0 Å². The third-order valence-electron chi connectivity index (χ3n) is 3.46. The van der Waals surface area contributed by atoms with E-state index in [4.69, 9.17) is 4.74 Å². The van der Waals surface area contributed by atoms with Gasteiger partial charge in [0.2, 0.25) is 11.0 Å². The van der Waals surface area contributed by atoms with Crippen molar-refractivity contribution in [2.45, 2.75) is 55.5 Å². The summed E-state index contributed by atoms with van der Waals surface area (Å²) >= 11 is 2.66. The molecule has 1 fully saturated rings. The summed E-state index contributed by atoms with van der Waals surface area (Å²) in [6.07, 6.45) is 4.64. The number of thioether (sulfide) groups is 1. The summed E-state index contributed by atoms with van der Waals surface area (Å²) in [5, 5.41) is 11.1. The van der Waals surface area contributed by atoms with Crippen molar-refractivity contribution < 1.29 is 14.3 Å². The van der Waals surface area contributed by atoms with Gasteiger partial charge in [-0.15, -0.1) is 10.2 Å². The monoisotopic (exact) mass is 343 g/mol. The van der Waals surface area contributed by atoms with Gasteiger partial charge in [-0.3, -0.25) is 9.59 Å². The second-order valence-corrected chi connectivity index (χ2v) is 7.56. The smallest absolute Gasteiger partial charge is 0.319 e. The van der Waals surface area contributed by atoms with Crippen LogP contribution in [0.4, 0.5) is 5.13 Å². The zero-order chi connectivity index (χ0) is 15.9. The minimum absolute atomic E-state index is 0.0226. The summed E-state index contributed by atoms with van der Waals surface area (Å²) < 4.78 is 5.76. The van der Waals surface area contributed by atoms with Crippen molar-refractivity contribution in [3.63, 3.8) is 0 Å². The fourth-order valence-electron chi connectivity index (χ4n) is 2.03. The number of rotatable bonds is 8. The molecule has 1 N–H and O–H groups in total. The van der Waals surface area contributed by atoms with Gasteiger partial charge in [0.05, 0.1) is 6.61 Å². The van der Waals surface area contributed by atoms with Gasteiger partial charge in [0, 0.05) is 5.92 Å². The average molecular weight is 343 g/mol. The number of carbonyl (C=O) groups is 2. The zero-order valence-corrected chi connectivity index (χ0v) is 14.5. The van der Waals surface area contributed by atoms with Gasteiger partial charge in [-0.05, 0) is 26.2 Å². The second kappa shape index (κ2) is 8.47. The van der Waals surface area contributed by atoms with Crippen LogP contribution in [0.3, 0.4) is 0 Å². The molecule has 0 spiro atoms. The lowest BCUT2D eigenvalue weighted by atomic mass is 9.85. The molecule has 0 aliphatic heterocycles. The molecule has 1 amide bonds. The van der Waals surface area contributed by atoms with Crippen LogP contribution in [0.5, 0.6) is 0 Å². The van der Waals surface area contributed by atoms with Crippen LogP contribution in [-0.4, -0.2) is 33.9 Å². The van der Waals surface area contributed by atoms with Crippen LogP contribution >= 0.6 is 23.1 Å². The van der Waals surface area contributed by atoms with Crippen LogP contribution in [0.25, 0.3) is 0 Å². The molecule has 0 radical (unpaired) electrons. The van der Waals surface area contributed by atoms with Crippen molar-refractivity contribution in [2.24, 2.45) is 5.92 Å². The molecule has 2 rings (SSSR count). The first-order valence-corrected chi connectivity index (χ1v) is 9.31.